The van der Waals surface area contributed by atoms with Crippen molar-refractivity contribution >= 4 is 11.9 Å². The predicted molar refractivity (Wildman–Crippen MR) is 89.9 cm³/mol. The van der Waals surface area contributed by atoms with Crippen LogP contribution in [-0.4, -0.2) is 69.5 Å². The molecule has 0 bridgehead atoms. The zero-order valence-electron chi connectivity index (χ0n) is 15.5. The van der Waals surface area contributed by atoms with Crippen LogP contribution < -0.4 is 0 Å². The summed E-state index contributed by atoms with van der Waals surface area (Å²) in [4.78, 5) is 24.1. The third-order valence-electron chi connectivity index (χ3n) is 7.65. The number of carbonyl (C=O) groups excluding carboxylic acids is 2. The first kappa shape index (κ1) is 18.9. The first-order chi connectivity index (χ1) is 12.6. The van der Waals surface area contributed by atoms with E-state index < -0.39 is 77.6 Å². The average molecular weight is 382 g/mol. The minimum absolute atomic E-state index is 0.314. The van der Waals surface area contributed by atoms with E-state index in [2.05, 4.69) is 0 Å². The topological polar surface area (TPSA) is 134 Å². The number of ether oxygens (including phenoxy) is 2. The van der Waals surface area contributed by atoms with Gasteiger partial charge in [0.15, 0.2) is 6.10 Å². The minimum atomic E-state index is -1.50. The molecule has 8 heteroatoms. The molecule has 2 heterocycles. The molecule has 8 nitrogen and oxygen atoms in total. The zero-order valence-corrected chi connectivity index (χ0v) is 15.5. The number of aliphatic hydroxyl groups excluding tert-OH is 4. The van der Waals surface area contributed by atoms with Crippen molar-refractivity contribution in [3.05, 3.63) is 11.6 Å². The number of carbonyl (C=O) groups is 2. The van der Waals surface area contributed by atoms with Crippen molar-refractivity contribution in [2.45, 2.75) is 57.7 Å². The number of rotatable bonds is 2. The van der Waals surface area contributed by atoms with Crippen LogP contribution in [0, 0.1) is 28.6 Å². The van der Waals surface area contributed by atoms with E-state index in [1.165, 1.54) is 6.08 Å². The fourth-order valence-corrected chi connectivity index (χ4v) is 6.71. The maximum atomic E-state index is 12.3. The molecule has 0 amide bonds. The SMILES string of the molecule is CC1=CC(=O)O[C@H]1[C@@]1(C)C[C@H]2OC(=O)[C@H](O)[C@H]3[C@@H](CO)[C@@H](O)[C@H](O)[C@H]1[C@]32C. The van der Waals surface area contributed by atoms with Crippen molar-refractivity contribution in [1.29, 1.82) is 0 Å². The van der Waals surface area contributed by atoms with E-state index in [-0.39, 0.29) is 0 Å². The van der Waals surface area contributed by atoms with Crippen molar-refractivity contribution in [3.8, 4) is 0 Å². The average Bonchev–Trinajstić information content (AvgIpc) is 3.05. The van der Waals surface area contributed by atoms with Crippen LogP contribution in [0.2, 0.25) is 0 Å². The van der Waals surface area contributed by atoms with E-state index in [1.807, 2.05) is 13.8 Å². The standard InChI is InChI=1S/C19H26O8/c1-7-4-10(21)27-16(7)18(2)5-9-19(3)11(13(23)17(25)26-9)8(6-20)12(22)14(24)15(18)19/h4,8-9,11-16,20,22-24H,5-6H2,1-3H3/t8-,9-,11-,12-,13-,14+,15-,16-,18+,19+/m1/s1. The summed E-state index contributed by atoms with van der Waals surface area (Å²) in [6.07, 6.45) is -3.58. The molecular weight excluding hydrogens is 356 g/mol. The fraction of sp³-hybridized carbons (Fsp3) is 0.789. The molecule has 2 saturated carbocycles. The second kappa shape index (κ2) is 5.76. The summed E-state index contributed by atoms with van der Waals surface area (Å²) < 4.78 is 11.0. The molecular formula is C19H26O8. The van der Waals surface area contributed by atoms with Crippen LogP contribution in [0.25, 0.3) is 0 Å². The third kappa shape index (κ3) is 2.18. The quantitative estimate of drug-likeness (QED) is 0.453. The molecule has 0 aromatic rings. The van der Waals surface area contributed by atoms with Crippen LogP contribution in [0.1, 0.15) is 27.2 Å². The van der Waals surface area contributed by atoms with E-state index in [9.17, 15) is 30.0 Å². The van der Waals surface area contributed by atoms with Crippen molar-refractivity contribution in [2.24, 2.45) is 28.6 Å². The van der Waals surface area contributed by atoms with Gasteiger partial charge in [0.05, 0.1) is 12.2 Å². The van der Waals surface area contributed by atoms with E-state index in [1.54, 1.807) is 6.92 Å². The smallest absolute Gasteiger partial charge is 0.335 e. The van der Waals surface area contributed by atoms with Gasteiger partial charge in [-0.05, 0) is 18.9 Å². The molecule has 0 spiro atoms. The molecule has 2 aliphatic heterocycles. The van der Waals surface area contributed by atoms with Gasteiger partial charge in [-0.25, -0.2) is 9.59 Å². The van der Waals surface area contributed by atoms with Crippen LogP contribution in [0.5, 0.6) is 0 Å². The lowest BCUT2D eigenvalue weighted by Gasteiger charge is -2.58. The highest BCUT2D eigenvalue weighted by atomic mass is 16.6. The van der Waals surface area contributed by atoms with E-state index in [0.717, 1.165) is 0 Å². The van der Waals surface area contributed by atoms with Crippen LogP contribution in [0.4, 0.5) is 0 Å². The Bertz CT molecular complexity index is 718. The molecule has 10 atom stereocenters. The van der Waals surface area contributed by atoms with Gasteiger partial charge >= 0.3 is 11.9 Å². The Hall–Kier alpha value is -1.48. The third-order valence-corrected chi connectivity index (χ3v) is 7.65. The van der Waals surface area contributed by atoms with Crippen molar-refractivity contribution in [1.82, 2.24) is 0 Å². The van der Waals surface area contributed by atoms with E-state index >= 15 is 0 Å². The molecule has 4 aliphatic rings. The largest absolute Gasteiger partial charge is 0.460 e. The first-order valence-electron chi connectivity index (χ1n) is 9.31. The number of cyclic esters (lactones) is 1. The summed E-state index contributed by atoms with van der Waals surface area (Å²) in [6, 6.07) is 0. The highest BCUT2D eigenvalue weighted by molar-refractivity contribution is 5.86. The van der Waals surface area contributed by atoms with Crippen LogP contribution in [0.3, 0.4) is 0 Å². The van der Waals surface area contributed by atoms with Crippen molar-refractivity contribution in [2.75, 3.05) is 6.61 Å². The molecule has 0 aromatic heterocycles. The van der Waals surface area contributed by atoms with Crippen molar-refractivity contribution in [3.63, 3.8) is 0 Å². The Morgan fingerprint density at radius 2 is 1.81 bits per heavy atom. The van der Waals surface area contributed by atoms with E-state index in [0.29, 0.717) is 12.0 Å². The molecule has 0 radical (unpaired) electrons. The maximum Gasteiger partial charge on any atom is 0.335 e. The second-order valence-electron chi connectivity index (χ2n) is 8.98. The number of aliphatic hydroxyl groups is 4. The van der Waals surface area contributed by atoms with Gasteiger partial charge in [-0.15, -0.1) is 0 Å². The summed E-state index contributed by atoms with van der Waals surface area (Å²) in [5.41, 5.74) is -0.988. The Kier molecular flexibility index (Phi) is 4.03. The maximum absolute atomic E-state index is 12.3. The minimum Gasteiger partial charge on any atom is -0.460 e. The number of hydrogen-bond acceptors (Lipinski definition) is 8. The second-order valence-corrected chi connectivity index (χ2v) is 8.98. The summed E-state index contributed by atoms with van der Waals surface area (Å²) in [5, 5.41) is 42.1. The lowest BCUT2D eigenvalue weighted by Crippen LogP contribution is -2.68. The van der Waals surface area contributed by atoms with Gasteiger partial charge < -0.3 is 29.9 Å². The predicted octanol–water partition coefficient (Wildman–Crippen LogP) is -0.863. The Morgan fingerprint density at radius 1 is 1.15 bits per heavy atom. The zero-order chi connectivity index (χ0) is 19.9. The van der Waals surface area contributed by atoms with Gasteiger partial charge in [0.1, 0.15) is 12.2 Å². The number of esters is 2. The summed E-state index contributed by atoms with van der Waals surface area (Å²) >= 11 is 0. The first-order valence-corrected chi connectivity index (χ1v) is 9.31. The highest BCUT2D eigenvalue weighted by Gasteiger charge is 2.75. The van der Waals surface area contributed by atoms with Gasteiger partial charge in [0, 0.05) is 41.3 Å². The molecule has 27 heavy (non-hydrogen) atoms. The molecule has 4 rings (SSSR count). The van der Waals surface area contributed by atoms with Gasteiger partial charge in [-0.2, -0.15) is 0 Å². The monoisotopic (exact) mass is 382 g/mol. The fourth-order valence-electron chi connectivity index (χ4n) is 6.71. The van der Waals surface area contributed by atoms with Crippen LogP contribution in [-0.2, 0) is 19.1 Å². The lowest BCUT2D eigenvalue weighted by atomic mass is 9.50. The molecule has 0 unspecified atom stereocenters. The van der Waals surface area contributed by atoms with Gasteiger partial charge in [-0.1, -0.05) is 13.8 Å². The lowest BCUT2D eigenvalue weighted by molar-refractivity contribution is -0.250. The van der Waals surface area contributed by atoms with Gasteiger partial charge in [0.25, 0.3) is 0 Å². The Labute approximate surface area is 156 Å². The molecule has 4 N–H and O–H groups in total. The summed E-state index contributed by atoms with van der Waals surface area (Å²) in [7, 11) is 0. The Balaban J connectivity index is 1.86. The molecule has 150 valence electrons. The van der Waals surface area contributed by atoms with E-state index in [4.69, 9.17) is 9.47 Å². The number of hydrogen-bond donors (Lipinski definition) is 4. The van der Waals surface area contributed by atoms with Gasteiger partial charge in [0.2, 0.25) is 0 Å². The molecule has 3 fully saturated rings. The van der Waals surface area contributed by atoms with Gasteiger partial charge in [-0.3, -0.25) is 0 Å². The normalized spacial score (nSPS) is 54.3. The molecule has 0 aromatic carbocycles. The Morgan fingerprint density at radius 3 is 2.37 bits per heavy atom. The molecule has 1 saturated heterocycles. The van der Waals surface area contributed by atoms with Crippen molar-refractivity contribution < 1.29 is 39.5 Å². The van der Waals surface area contributed by atoms with Crippen LogP contribution >= 0.6 is 0 Å². The summed E-state index contributed by atoms with van der Waals surface area (Å²) in [5.74, 6) is -3.51. The summed E-state index contributed by atoms with van der Waals surface area (Å²) in [6.45, 7) is 4.97. The molecule has 2 aliphatic carbocycles. The highest BCUT2D eigenvalue weighted by Crippen LogP contribution is 2.68. The van der Waals surface area contributed by atoms with Crippen LogP contribution in [0.15, 0.2) is 11.6 Å².